The number of amides is 1. The van der Waals surface area contributed by atoms with Gasteiger partial charge in [-0.15, -0.1) is 0 Å². The Bertz CT molecular complexity index is 783. The predicted octanol–water partition coefficient (Wildman–Crippen LogP) is 3.29. The van der Waals surface area contributed by atoms with Crippen molar-refractivity contribution in [2.75, 3.05) is 31.1 Å². The van der Waals surface area contributed by atoms with Gasteiger partial charge < -0.3 is 14.5 Å². The number of carbonyl (C=O) groups excluding carboxylic acids is 1. The van der Waals surface area contributed by atoms with Crippen LogP contribution in [0.25, 0.3) is 10.8 Å². The maximum atomic E-state index is 12.0. The molecule has 2 aliphatic heterocycles. The maximum Gasteiger partial charge on any atom is 0.410 e. The maximum absolute atomic E-state index is 12.0. The monoisotopic (exact) mass is 325 g/mol. The summed E-state index contributed by atoms with van der Waals surface area (Å²) in [5.74, 6) is 1.02. The van der Waals surface area contributed by atoms with Gasteiger partial charge in [-0.1, -0.05) is 24.3 Å². The highest BCUT2D eigenvalue weighted by Gasteiger charge is 2.54. The summed E-state index contributed by atoms with van der Waals surface area (Å²) in [6.07, 6.45) is 1.74. The van der Waals surface area contributed by atoms with E-state index in [0.717, 1.165) is 37.4 Å². The third-order valence-electron chi connectivity index (χ3n) is 4.70. The molecule has 0 radical (unpaired) electrons. The fourth-order valence-electron chi connectivity index (χ4n) is 3.59. The molecular weight excluding hydrogens is 302 g/mol. The van der Waals surface area contributed by atoms with Gasteiger partial charge in [0, 0.05) is 43.2 Å². The molecule has 0 N–H and O–H groups in total. The van der Waals surface area contributed by atoms with Crippen LogP contribution in [0.1, 0.15) is 20.8 Å². The number of fused-ring (bicyclic) bond motifs is 1. The van der Waals surface area contributed by atoms with Crippen LogP contribution in [-0.2, 0) is 4.74 Å². The molecule has 2 saturated heterocycles. The number of carbonyl (C=O) groups is 1. The van der Waals surface area contributed by atoms with E-state index in [-0.39, 0.29) is 11.5 Å². The minimum Gasteiger partial charge on any atom is -0.444 e. The summed E-state index contributed by atoms with van der Waals surface area (Å²) in [6.45, 7) is 9.18. The molecule has 0 saturated carbocycles. The van der Waals surface area contributed by atoms with Crippen molar-refractivity contribution in [3.05, 3.63) is 36.5 Å². The van der Waals surface area contributed by atoms with Gasteiger partial charge in [0.25, 0.3) is 0 Å². The topological polar surface area (TPSA) is 45.7 Å². The zero-order valence-corrected chi connectivity index (χ0v) is 14.5. The van der Waals surface area contributed by atoms with Crippen LogP contribution in [0.15, 0.2) is 36.5 Å². The normalized spacial score (nSPS) is 19.1. The molecule has 0 unspecified atom stereocenters. The summed E-state index contributed by atoms with van der Waals surface area (Å²) in [5, 5.41) is 2.38. The van der Waals surface area contributed by atoms with Crippen LogP contribution in [0.3, 0.4) is 0 Å². The fraction of sp³-hybridized carbons (Fsp3) is 0.474. The molecule has 2 fully saturated rings. The number of likely N-dealkylation sites (tertiary alicyclic amines) is 1. The summed E-state index contributed by atoms with van der Waals surface area (Å²) in [4.78, 5) is 20.7. The van der Waals surface area contributed by atoms with Gasteiger partial charge in [-0.3, -0.25) is 0 Å². The van der Waals surface area contributed by atoms with E-state index in [1.807, 2.05) is 39.1 Å². The van der Waals surface area contributed by atoms with E-state index in [4.69, 9.17) is 4.74 Å². The van der Waals surface area contributed by atoms with E-state index in [0.29, 0.717) is 0 Å². The van der Waals surface area contributed by atoms with Gasteiger partial charge in [-0.05, 0) is 32.2 Å². The molecule has 126 valence electrons. The number of hydrogen-bond acceptors (Lipinski definition) is 4. The first-order chi connectivity index (χ1) is 11.3. The molecule has 0 atom stereocenters. The Morgan fingerprint density at radius 2 is 1.79 bits per heavy atom. The first-order valence-corrected chi connectivity index (χ1v) is 8.41. The van der Waals surface area contributed by atoms with Gasteiger partial charge in [-0.2, -0.15) is 0 Å². The van der Waals surface area contributed by atoms with Crippen LogP contribution in [0.2, 0.25) is 0 Å². The number of pyridine rings is 1. The van der Waals surface area contributed by atoms with Gasteiger partial charge >= 0.3 is 6.09 Å². The molecule has 0 bridgehead atoms. The van der Waals surface area contributed by atoms with Crippen LogP contribution in [0.4, 0.5) is 10.6 Å². The Balaban J connectivity index is 1.36. The number of ether oxygens (including phenoxy) is 1. The number of hydrogen-bond donors (Lipinski definition) is 0. The summed E-state index contributed by atoms with van der Waals surface area (Å²) in [6, 6.07) is 10.4. The summed E-state index contributed by atoms with van der Waals surface area (Å²) < 4.78 is 5.42. The molecule has 4 rings (SSSR count). The summed E-state index contributed by atoms with van der Waals surface area (Å²) >= 11 is 0. The van der Waals surface area contributed by atoms with E-state index in [1.54, 1.807) is 4.90 Å². The number of anilines is 1. The minimum atomic E-state index is -0.430. The molecule has 2 aromatic rings. The highest BCUT2D eigenvalue weighted by Crippen LogP contribution is 2.42. The van der Waals surface area contributed by atoms with E-state index >= 15 is 0 Å². The summed E-state index contributed by atoms with van der Waals surface area (Å²) in [5.41, 5.74) is -0.204. The van der Waals surface area contributed by atoms with Gasteiger partial charge in [0.05, 0.1) is 0 Å². The zero-order chi connectivity index (χ0) is 16.9. The second-order valence-electron chi connectivity index (χ2n) is 8.08. The highest BCUT2D eigenvalue weighted by atomic mass is 16.6. The van der Waals surface area contributed by atoms with Crippen LogP contribution < -0.4 is 4.90 Å². The van der Waals surface area contributed by atoms with Crippen molar-refractivity contribution in [1.82, 2.24) is 9.88 Å². The summed E-state index contributed by atoms with van der Waals surface area (Å²) in [7, 11) is 0. The van der Waals surface area contributed by atoms with Gasteiger partial charge in [0.15, 0.2) is 0 Å². The first kappa shape index (κ1) is 15.2. The molecule has 2 aliphatic rings. The molecule has 0 aliphatic carbocycles. The first-order valence-electron chi connectivity index (χ1n) is 8.41. The number of rotatable bonds is 1. The van der Waals surface area contributed by atoms with Gasteiger partial charge in [-0.25, -0.2) is 9.78 Å². The fourth-order valence-corrected chi connectivity index (χ4v) is 3.59. The third kappa shape index (κ3) is 2.68. The largest absolute Gasteiger partial charge is 0.444 e. The molecule has 1 aromatic heterocycles. The molecule has 5 heteroatoms. The van der Waals surface area contributed by atoms with Crippen LogP contribution in [0, 0.1) is 5.41 Å². The zero-order valence-electron chi connectivity index (χ0n) is 14.5. The van der Waals surface area contributed by atoms with Crippen LogP contribution in [-0.4, -0.2) is 47.8 Å². The lowest BCUT2D eigenvalue weighted by molar-refractivity contribution is -0.0454. The highest BCUT2D eigenvalue weighted by molar-refractivity contribution is 5.84. The Hall–Kier alpha value is -2.30. The Labute approximate surface area is 142 Å². The van der Waals surface area contributed by atoms with Crippen molar-refractivity contribution in [3.8, 4) is 0 Å². The average molecular weight is 325 g/mol. The van der Waals surface area contributed by atoms with Crippen molar-refractivity contribution in [1.29, 1.82) is 0 Å². The number of nitrogens with zero attached hydrogens (tertiary/aromatic N) is 3. The van der Waals surface area contributed by atoms with Crippen molar-refractivity contribution >= 4 is 22.7 Å². The second-order valence-corrected chi connectivity index (χ2v) is 8.08. The number of aromatic nitrogens is 1. The quantitative estimate of drug-likeness (QED) is 0.807. The minimum absolute atomic E-state index is 0.199. The van der Waals surface area contributed by atoms with Crippen LogP contribution in [0.5, 0.6) is 0 Å². The SMILES string of the molecule is CC(C)(C)OC(=O)N1CC2(C1)CN(c1cc3ccccc3cn1)C2. The molecule has 1 aromatic carbocycles. The van der Waals surface area contributed by atoms with Crippen molar-refractivity contribution < 1.29 is 9.53 Å². The Kier molecular flexibility index (Phi) is 3.24. The van der Waals surface area contributed by atoms with Crippen molar-refractivity contribution in [2.24, 2.45) is 5.41 Å². The average Bonchev–Trinajstić information content (AvgIpc) is 2.42. The molecular formula is C19H23N3O2. The lowest BCUT2D eigenvalue weighted by Gasteiger charge is -2.60. The standard InChI is InChI=1S/C19H23N3O2/c1-18(2,3)24-17(23)22-12-19(13-22)10-21(11-19)16-8-14-6-4-5-7-15(14)9-20-16/h4-9H,10-13H2,1-3H3. The van der Waals surface area contributed by atoms with Gasteiger partial charge in [0.2, 0.25) is 0 Å². The molecule has 24 heavy (non-hydrogen) atoms. The van der Waals surface area contributed by atoms with E-state index < -0.39 is 5.60 Å². The Morgan fingerprint density at radius 3 is 2.46 bits per heavy atom. The molecule has 1 amide bonds. The Morgan fingerprint density at radius 1 is 1.12 bits per heavy atom. The van der Waals surface area contributed by atoms with E-state index in [1.165, 1.54) is 5.39 Å². The third-order valence-corrected chi connectivity index (χ3v) is 4.70. The second kappa shape index (κ2) is 5.10. The predicted molar refractivity (Wildman–Crippen MR) is 94.2 cm³/mol. The number of benzene rings is 1. The molecule has 1 spiro atoms. The van der Waals surface area contributed by atoms with Gasteiger partial charge in [0.1, 0.15) is 11.4 Å². The lowest BCUT2D eigenvalue weighted by Crippen LogP contribution is -2.73. The van der Waals surface area contributed by atoms with Crippen LogP contribution >= 0.6 is 0 Å². The van der Waals surface area contributed by atoms with E-state index in [9.17, 15) is 4.79 Å². The smallest absolute Gasteiger partial charge is 0.410 e. The molecule has 5 nitrogen and oxygen atoms in total. The van der Waals surface area contributed by atoms with Crippen molar-refractivity contribution in [3.63, 3.8) is 0 Å². The molecule has 3 heterocycles. The lowest BCUT2D eigenvalue weighted by atomic mass is 9.73. The van der Waals surface area contributed by atoms with Crippen molar-refractivity contribution in [2.45, 2.75) is 26.4 Å². The van der Waals surface area contributed by atoms with E-state index in [2.05, 4.69) is 28.1 Å².